The van der Waals surface area contributed by atoms with Crippen molar-refractivity contribution < 1.29 is 9.47 Å². The maximum atomic E-state index is 5.54. The Hall–Kier alpha value is -0.680. The van der Waals surface area contributed by atoms with Crippen molar-refractivity contribution in [3.8, 4) is 5.88 Å². The summed E-state index contributed by atoms with van der Waals surface area (Å²) in [6.45, 7) is 6.45. The molecule has 0 aliphatic carbocycles. The second kappa shape index (κ2) is 5.59. The monoisotopic (exact) mass is 288 g/mol. The van der Waals surface area contributed by atoms with Crippen molar-refractivity contribution in [2.45, 2.75) is 32.8 Å². The van der Waals surface area contributed by atoms with Crippen molar-refractivity contribution >= 4 is 15.9 Å². The van der Waals surface area contributed by atoms with Crippen molar-refractivity contribution in [1.29, 1.82) is 0 Å². The van der Waals surface area contributed by atoms with Crippen LogP contribution in [0.25, 0.3) is 0 Å². The molecule has 16 heavy (non-hydrogen) atoms. The molecule has 0 bridgehead atoms. The van der Waals surface area contributed by atoms with Crippen LogP contribution in [-0.4, -0.2) is 29.3 Å². The fraction of sp³-hybridized carbons (Fsp3) is 0.636. The quantitative estimate of drug-likeness (QED) is 0.782. The van der Waals surface area contributed by atoms with Crippen LogP contribution in [0.15, 0.2) is 10.7 Å². The van der Waals surface area contributed by atoms with Gasteiger partial charge in [0.15, 0.2) is 0 Å². The van der Waals surface area contributed by atoms with Gasteiger partial charge in [-0.05, 0) is 36.7 Å². The summed E-state index contributed by atoms with van der Waals surface area (Å²) < 4.78 is 11.6. The van der Waals surface area contributed by atoms with Crippen molar-refractivity contribution in [3.05, 3.63) is 16.5 Å². The van der Waals surface area contributed by atoms with Gasteiger partial charge in [0.1, 0.15) is 10.4 Å². The van der Waals surface area contributed by atoms with Crippen LogP contribution in [0.5, 0.6) is 5.88 Å². The lowest BCUT2D eigenvalue weighted by Gasteiger charge is -2.22. The number of aromatic nitrogens is 2. The summed E-state index contributed by atoms with van der Waals surface area (Å²) in [6, 6.07) is 1.76. The molecule has 0 amide bonds. The Kier molecular flexibility index (Phi) is 4.68. The van der Waals surface area contributed by atoms with E-state index in [4.69, 9.17) is 9.47 Å². The minimum Gasteiger partial charge on any atom is -0.477 e. The molecule has 5 heteroatoms. The van der Waals surface area contributed by atoms with Crippen LogP contribution < -0.4 is 4.74 Å². The lowest BCUT2D eigenvalue weighted by Crippen LogP contribution is -2.25. The van der Waals surface area contributed by atoms with Gasteiger partial charge in [0.2, 0.25) is 5.88 Å². The van der Waals surface area contributed by atoms with E-state index < -0.39 is 0 Å². The molecule has 1 rings (SSSR count). The largest absolute Gasteiger partial charge is 0.477 e. The first kappa shape index (κ1) is 13.4. The highest BCUT2D eigenvalue weighted by Gasteiger charge is 2.16. The third-order valence-corrected chi connectivity index (χ3v) is 2.70. The van der Waals surface area contributed by atoms with E-state index in [1.165, 1.54) is 0 Å². The average molecular weight is 289 g/mol. The van der Waals surface area contributed by atoms with Crippen molar-refractivity contribution in [1.82, 2.24) is 9.97 Å². The highest BCUT2D eigenvalue weighted by Crippen LogP contribution is 2.16. The number of hydrogen-bond donors (Lipinski definition) is 0. The Bertz CT molecular complexity index is 336. The molecule has 0 aliphatic rings. The molecule has 0 unspecified atom stereocenters. The van der Waals surface area contributed by atoms with Crippen molar-refractivity contribution in [2.75, 3.05) is 13.7 Å². The SMILES string of the molecule is COC(C)(C)CCOc1cc(Br)nc(C)n1. The first-order valence-corrected chi connectivity index (χ1v) is 5.91. The molecule has 0 aliphatic heterocycles. The first-order chi connectivity index (χ1) is 7.43. The lowest BCUT2D eigenvalue weighted by atomic mass is 10.1. The molecule has 0 fully saturated rings. The smallest absolute Gasteiger partial charge is 0.217 e. The van der Waals surface area contributed by atoms with Gasteiger partial charge in [-0.15, -0.1) is 0 Å². The zero-order chi connectivity index (χ0) is 12.2. The predicted molar refractivity (Wildman–Crippen MR) is 65.7 cm³/mol. The fourth-order valence-corrected chi connectivity index (χ4v) is 1.54. The molecule has 4 nitrogen and oxygen atoms in total. The van der Waals surface area contributed by atoms with Gasteiger partial charge in [-0.1, -0.05) is 0 Å². The van der Waals surface area contributed by atoms with E-state index in [2.05, 4.69) is 25.9 Å². The molecular formula is C11H17BrN2O2. The molecule has 0 radical (unpaired) electrons. The van der Waals surface area contributed by atoms with Gasteiger partial charge in [-0.3, -0.25) is 0 Å². The zero-order valence-corrected chi connectivity index (χ0v) is 11.7. The molecule has 1 aromatic heterocycles. The molecule has 0 saturated heterocycles. The molecule has 0 aromatic carbocycles. The summed E-state index contributed by atoms with van der Waals surface area (Å²) in [5.74, 6) is 1.28. The average Bonchev–Trinajstić information content (AvgIpc) is 2.16. The Balaban J connectivity index is 2.49. The minimum atomic E-state index is -0.167. The van der Waals surface area contributed by atoms with E-state index in [9.17, 15) is 0 Å². The zero-order valence-electron chi connectivity index (χ0n) is 10.1. The van der Waals surface area contributed by atoms with Gasteiger partial charge < -0.3 is 9.47 Å². The summed E-state index contributed by atoms with van der Waals surface area (Å²) in [6.07, 6.45) is 0.810. The van der Waals surface area contributed by atoms with Gasteiger partial charge in [0, 0.05) is 19.6 Å². The molecule has 1 aromatic rings. The Morgan fingerprint density at radius 2 is 2.06 bits per heavy atom. The van der Waals surface area contributed by atoms with Crippen LogP contribution in [-0.2, 0) is 4.74 Å². The fourth-order valence-electron chi connectivity index (χ4n) is 1.08. The minimum absolute atomic E-state index is 0.167. The molecule has 0 N–H and O–H groups in total. The topological polar surface area (TPSA) is 44.2 Å². The number of aryl methyl sites for hydroxylation is 1. The summed E-state index contributed by atoms with van der Waals surface area (Å²) >= 11 is 3.30. The van der Waals surface area contributed by atoms with Crippen LogP contribution in [0.3, 0.4) is 0 Å². The second-order valence-electron chi connectivity index (χ2n) is 4.14. The number of methoxy groups -OCH3 is 1. The molecule has 0 atom stereocenters. The summed E-state index contributed by atoms with van der Waals surface area (Å²) in [7, 11) is 1.70. The van der Waals surface area contributed by atoms with Crippen LogP contribution >= 0.6 is 15.9 Å². The van der Waals surface area contributed by atoms with Crippen LogP contribution in [0.4, 0.5) is 0 Å². The van der Waals surface area contributed by atoms with Crippen molar-refractivity contribution in [2.24, 2.45) is 0 Å². The molecule has 0 spiro atoms. The Morgan fingerprint density at radius 3 is 2.62 bits per heavy atom. The van der Waals surface area contributed by atoms with E-state index in [0.717, 1.165) is 11.0 Å². The van der Waals surface area contributed by atoms with E-state index >= 15 is 0 Å². The van der Waals surface area contributed by atoms with Gasteiger partial charge in [-0.2, -0.15) is 4.98 Å². The van der Waals surface area contributed by atoms with E-state index in [-0.39, 0.29) is 5.60 Å². The van der Waals surface area contributed by atoms with Gasteiger partial charge in [-0.25, -0.2) is 4.98 Å². The second-order valence-corrected chi connectivity index (χ2v) is 4.95. The maximum Gasteiger partial charge on any atom is 0.217 e. The first-order valence-electron chi connectivity index (χ1n) is 5.12. The van der Waals surface area contributed by atoms with E-state index in [1.54, 1.807) is 13.2 Å². The van der Waals surface area contributed by atoms with E-state index in [1.807, 2.05) is 20.8 Å². The van der Waals surface area contributed by atoms with E-state index in [0.29, 0.717) is 18.3 Å². The molecular weight excluding hydrogens is 272 g/mol. The van der Waals surface area contributed by atoms with Crippen molar-refractivity contribution in [3.63, 3.8) is 0 Å². The van der Waals surface area contributed by atoms with Gasteiger partial charge in [0.25, 0.3) is 0 Å². The number of ether oxygens (including phenoxy) is 2. The van der Waals surface area contributed by atoms with Crippen LogP contribution in [0, 0.1) is 6.92 Å². The summed E-state index contributed by atoms with van der Waals surface area (Å²) in [4.78, 5) is 8.28. The molecule has 90 valence electrons. The normalized spacial score (nSPS) is 11.6. The highest BCUT2D eigenvalue weighted by atomic mass is 79.9. The predicted octanol–water partition coefficient (Wildman–Crippen LogP) is 2.74. The number of rotatable bonds is 5. The molecule has 1 heterocycles. The maximum absolute atomic E-state index is 5.54. The molecule has 0 saturated carbocycles. The Morgan fingerprint density at radius 1 is 1.38 bits per heavy atom. The standard InChI is InChI=1S/C11H17BrN2O2/c1-8-13-9(12)7-10(14-8)16-6-5-11(2,3)15-4/h7H,5-6H2,1-4H3. The number of nitrogens with zero attached hydrogens (tertiary/aromatic N) is 2. The van der Waals surface area contributed by atoms with Gasteiger partial charge >= 0.3 is 0 Å². The third-order valence-electron chi connectivity index (χ3n) is 2.29. The highest BCUT2D eigenvalue weighted by molar-refractivity contribution is 9.10. The number of halogens is 1. The Labute approximate surface area is 105 Å². The lowest BCUT2D eigenvalue weighted by molar-refractivity contribution is 0.00506. The van der Waals surface area contributed by atoms with Crippen LogP contribution in [0.2, 0.25) is 0 Å². The third kappa shape index (κ3) is 4.45. The summed E-state index contributed by atoms with van der Waals surface area (Å²) in [5, 5.41) is 0. The summed E-state index contributed by atoms with van der Waals surface area (Å²) in [5.41, 5.74) is -0.167. The van der Waals surface area contributed by atoms with Gasteiger partial charge in [0.05, 0.1) is 12.2 Å². The number of hydrogen-bond acceptors (Lipinski definition) is 4. The van der Waals surface area contributed by atoms with Crippen LogP contribution in [0.1, 0.15) is 26.1 Å².